The summed E-state index contributed by atoms with van der Waals surface area (Å²) in [6.45, 7) is 1.86. The molecule has 30 heavy (non-hydrogen) atoms. The number of carbonyl (C=O) groups is 2. The summed E-state index contributed by atoms with van der Waals surface area (Å²) in [5, 5.41) is 5.26. The molecule has 1 aliphatic rings. The Morgan fingerprint density at radius 3 is 2.53 bits per heavy atom. The van der Waals surface area contributed by atoms with E-state index in [-0.39, 0.29) is 12.2 Å². The van der Waals surface area contributed by atoms with Gasteiger partial charge in [-0.15, -0.1) is 0 Å². The van der Waals surface area contributed by atoms with Gasteiger partial charge in [-0.2, -0.15) is 5.10 Å². The van der Waals surface area contributed by atoms with Gasteiger partial charge in [-0.3, -0.25) is 14.6 Å². The fraction of sp³-hybridized carbons (Fsp3) is 0.304. The van der Waals surface area contributed by atoms with Gasteiger partial charge in [-0.05, 0) is 49.6 Å². The minimum Gasteiger partial charge on any atom is -0.300 e. The van der Waals surface area contributed by atoms with Gasteiger partial charge in [0.1, 0.15) is 5.78 Å². The highest BCUT2D eigenvalue weighted by Gasteiger charge is 2.21. The molecule has 0 amide bonds. The Morgan fingerprint density at radius 2 is 1.87 bits per heavy atom. The zero-order chi connectivity index (χ0) is 21.3. The quantitative estimate of drug-likeness (QED) is 0.487. The number of Topliss-reactive ketones (excluding diaryl/α,β-unsaturated/α-hetero) is 2. The van der Waals surface area contributed by atoms with E-state index in [1.165, 1.54) is 0 Å². The van der Waals surface area contributed by atoms with E-state index in [9.17, 15) is 9.59 Å². The Labute approximate surface area is 185 Å². The second-order valence-electron chi connectivity index (χ2n) is 7.66. The smallest absolute Gasteiger partial charge is 0.170 e. The van der Waals surface area contributed by atoms with Crippen molar-refractivity contribution >= 4 is 34.8 Å². The summed E-state index contributed by atoms with van der Waals surface area (Å²) in [5.74, 6) is 0.654. The maximum atomic E-state index is 12.9. The molecule has 2 heterocycles. The van der Waals surface area contributed by atoms with Crippen molar-refractivity contribution in [1.82, 2.24) is 14.8 Å². The molecule has 5 nitrogen and oxygen atoms in total. The molecule has 0 unspecified atom stereocenters. The first-order valence-electron chi connectivity index (χ1n) is 9.92. The van der Waals surface area contributed by atoms with Crippen molar-refractivity contribution in [3.8, 4) is 5.69 Å². The monoisotopic (exact) mass is 441 g/mol. The van der Waals surface area contributed by atoms with Crippen LogP contribution in [-0.2, 0) is 11.2 Å². The van der Waals surface area contributed by atoms with Gasteiger partial charge in [-0.25, -0.2) is 4.68 Å². The van der Waals surface area contributed by atoms with Gasteiger partial charge < -0.3 is 0 Å². The molecule has 154 valence electrons. The van der Waals surface area contributed by atoms with Gasteiger partial charge in [0.05, 0.1) is 33.2 Å². The number of benzene rings is 1. The number of nitrogens with zero attached hydrogens (tertiary/aromatic N) is 3. The van der Waals surface area contributed by atoms with Crippen LogP contribution in [0.1, 0.15) is 58.9 Å². The largest absolute Gasteiger partial charge is 0.300 e. The first kappa shape index (κ1) is 20.8. The highest BCUT2D eigenvalue weighted by molar-refractivity contribution is 6.42. The van der Waals surface area contributed by atoms with Crippen LogP contribution in [0, 0.1) is 6.92 Å². The topological polar surface area (TPSA) is 64.8 Å². The summed E-state index contributed by atoms with van der Waals surface area (Å²) in [6.07, 6.45) is 6.59. The van der Waals surface area contributed by atoms with Crippen molar-refractivity contribution < 1.29 is 9.59 Å². The summed E-state index contributed by atoms with van der Waals surface area (Å²) in [5.41, 5.74) is 3.92. The van der Waals surface area contributed by atoms with Gasteiger partial charge in [0, 0.05) is 37.1 Å². The summed E-state index contributed by atoms with van der Waals surface area (Å²) >= 11 is 12.1. The van der Waals surface area contributed by atoms with Crippen molar-refractivity contribution in [2.45, 2.75) is 44.9 Å². The van der Waals surface area contributed by atoms with Crippen LogP contribution in [0.5, 0.6) is 0 Å². The maximum absolute atomic E-state index is 12.9. The predicted octanol–water partition coefficient (Wildman–Crippen LogP) is 5.53. The molecule has 1 saturated carbocycles. The van der Waals surface area contributed by atoms with Gasteiger partial charge in [0.15, 0.2) is 5.78 Å². The van der Waals surface area contributed by atoms with Gasteiger partial charge >= 0.3 is 0 Å². The Morgan fingerprint density at radius 1 is 1.10 bits per heavy atom. The average Bonchev–Trinajstić information content (AvgIpc) is 3.13. The van der Waals surface area contributed by atoms with E-state index in [4.69, 9.17) is 23.2 Å². The van der Waals surface area contributed by atoms with E-state index < -0.39 is 0 Å². The number of carbonyl (C=O) groups excluding carboxylic acids is 2. The molecule has 7 heteroatoms. The lowest BCUT2D eigenvalue weighted by atomic mass is 9.86. The van der Waals surface area contributed by atoms with E-state index in [0.717, 1.165) is 35.5 Å². The fourth-order valence-electron chi connectivity index (χ4n) is 3.86. The number of hydrogen-bond acceptors (Lipinski definition) is 4. The first-order chi connectivity index (χ1) is 14.4. The zero-order valence-corrected chi connectivity index (χ0v) is 18.1. The molecule has 0 bridgehead atoms. The molecule has 0 aliphatic heterocycles. The molecule has 4 rings (SSSR count). The van der Waals surface area contributed by atoms with Gasteiger partial charge in [0.25, 0.3) is 0 Å². The molecule has 1 aliphatic carbocycles. The summed E-state index contributed by atoms with van der Waals surface area (Å²) < 4.78 is 1.68. The highest BCUT2D eigenvalue weighted by atomic mass is 35.5. The lowest BCUT2D eigenvalue weighted by Gasteiger charge is -2.20. The predicted molar refractivity (Wildman–Crippen MR) is 117 cm³/mol. The van der Waals surface area contributed by atoms with Crippen molar-refractivity contribution in [3.05, 3.63) is 75.3 Å². The van der Waals surface area contributed by atoms with E-state index >= 15 is 0 Å². The molecular weight excluding hydrogens is 421 g/mol. The minimum atomic E-state index is -0.0170. The SMILES string of the molecule is Cc1c(C(=O)Cc2ccc(C3CCC(=O)CC3)nc2)cnn1-c1ccc(Cl)c(Cl)c1. The normalized spacial score (nSPS) is 14.8. The molecule has 0 radical (unpaired) electrons. The van der Waals surface area contributed by atoms with Crippen molar-refractivity contribution in [2.24, 2.45) is 0 Å². The summed E-state index contributed by atoms with van der Waals surface area (Å²) in [4.78, 5) is 28.8. The third kappa shape index (κ3) is 4.32. The van der Waals surface area contributed by atoms with Crippen molar-refractivity contribution in [2.75, 3.05) is 0 Å². The average molecular weight is 442 g/mol. The third-order valence-electron chi connectivity index (χ3n) is 5.63. The zero-order valence-electron chi connectivity index (χ0n) is 16.6. The Kier molecular flexibility index (Phi) is 6.02. The summed E-state index contributed by atoms with van der Waals surface area (Å²) in [6, 6.07) is 9.17. The number of rotatable bonds is 5. The standard InChI is InChI=1S/C23H21Cl2N3O2/c1-14-19(13-27-28(14)17-5-8-20(24)21(25)11-17)23(30)10-15-2-9-22(26-12-15)16-3-6-18(29)7-4-16/h2,5,8-9,11-13,16H,3-4,6-7,10H2,1H3. The summed E-state index contributed by atoms with van der Waals surface area (Å²) in [7, 11) is 0. The lowest BCUT2D eigenvalue weighted by molar-refractivity contribution is -0.120. The molecule has 0 atom stereocenters. The maximum Gasteiger partial charge on any atom is 0.170 e. The fourth-order valence-corrected chi connectivity index (χ4v) is 4.15. The molecule has 3 aromatic rings. The minimum absolute atomic E-state index is 0.0170. The van der Waals surface area contributed by atoms with E-state index in [0.29, 0.717) is 40.2 Å². The first-order valence-corrected chi connectivity index (χ1v) is 10.7. The van der Waals surface area contributed by atoms with Crippen LogP contribution < -0.4 is 0 Å². The Bertz CT molecular complexity index is 1100. The number of halogens is 2. The number of ketones is 2. The van der Waals surface area contributed by atoms with Crippen LogP contribution in [0.2, 0.25) is 10.0 Å². The van der Waals surface area contributed by atoms with Crippen LogP contribution in [0.25, 0.3) is 5.69 Å². The van der Waals surface area contributed by atoms with Crippen molar-refractivity contribution in [3.63, 3.8) is 0 Å². The van der Waals surface area contributed by atoms with Crippen molar-refractivity contribution in [1.29, 1.82) is 0 Å². The molecule has 1 aromatic carbocycles. The number of pyridine rings is 1. The van der Waals surface area contributed by atoms with Crippen LogP contribution in [-0.4, -0.2) is 26.3 Å². The highest BCUT2D eigenvalue weighted by Crippen LogP contribution is 2.30. The van der Waals surface area contributed by atoms with Crippen LogP contribution in [0.4, 0.5) is 0 Å². The van der Waals surface area contributed by atoms with E-state index in [1.807, 2.05) is 25.1 Å². The molecule has 1 fully saturated rings. The molecule has 0 saturated heterocycles. The lowest BCUT2D eigenvalue weighted by Crippen LogP contribution is -2.13. The molecule has 2 aromatic heterocycles. The Hall–Kier alpha value is -2.50. The Balaban J connectivity index is 1.47. The third-order valence-corrected chi connectivity index (χ3v) is 6.37. The second-order valence-corrected chi connectivity index (χ2v) is 8.47. The van der Waals surface area contributed by atoms with Crippen LogP contribution in [0.3, 0.4) is 0 Å². The van der Waals surface area contributed by atoms with Gasteiger partial charge in [-0.1, -0.05) is 29.3 Å². The number of hydrogen-bond donors (Lipinski definition) is 0. The van der Waals surface area contributed by atoms with E-state index in [1.54, 1.807) is 29.2 Å². The number of aromatic nitrogens is 3. The molecule has 0 N–H and O–H groups in total. The molecular formula is C23H21Cl2N3O2. The van der Waals surface area contributed by atoms with Gasteiger partial charge in [0.2, 0.25) is 0 Å². The molecule has 0 spiro atoms. The van der Waals surface area contributed by atoms with Crippen LogP contribution >= 0.6 is 23.2 Å². The van der Waals surface area contributed by atoms with Crippen LogP contribution in [0.15, 0.2) is 42.7 Å². The van der Waals surface area contributed by atoms with E-state index in [2.05, 4.69) is 10.1 Å². The second kappa shape index (κ2) is 8.70.